The summed E-state index contributed by atoms with van der Waals surface area (Å²) in [4.78, 5) is 23.3. The van der Waals surface area contributed by atoms with Crippen LogP contribution in [0.3, 0.4) is 0 Å². The van der Waals surface area contributed by atoms with Crippen LogP contribution in [0.4, 0.5) is 5.69 Å². The molecule has 110 valence electrons. The van der Waals surface area contributed by atoms with Crippen LogP contribution < -0.4 is 10.6 Å². The minimum atomic E-state index is -0.708. The Balaban J connectivity index is 2.44. The average Bonchev–Trinajstić information content (AvgIpc) is 2.42. The Bertz CT molecular complexity index is 454. The number of hydrogen-bond donors (Lipinski definition) is 3. The van der Waals surface area contributed by atoms with Crippen LogP contribution in [0.2, 0.25) is 0 Å². The first kappa shape index (κ1) is 16.1. The fourth-order valence-electron chi connectivity index (χ4n) is 1.67. The number of hydrogen-bond acceptors (Lipinski definition) is 4. The number of carbonyl (C=O) groups is 2. The number of aryl methyl sites for hydroxylation is 2. The molecule has 0 aliphatic heterocycles. The standard InChI is InChI=1S/C14H20N2O4/c1-10-4-3-5-11(2)12(10)16-14(19)13(18)15-6-8-20-9-7-17/h3-5,17H,6-9H2,1-2H3,(H,15,18)(H,16,19). The minimum absolute atomic E-state index is 0.0685. The highest BCUT2D eigenvalue weighted by Gasteiger charge is 2.14. The van der Waals surface area contributed by atoms with Gasteiger partial charge in [-0.15, -0.1) is 0 Å². The molecule has 0 aromatic heterocycles. The van der Waals surface area contributed by atoms with E-state index in [1.54, 1.807) is 0 Å². The van der Waals surface area contributed by atoms with Crippen molar-refractivity contribution >= 4 is 17.5 Å². The van der Waals surface area contributed by atoms with E-state index in [0.717, 1.165) is 11.1 Å². The second kappa shape index (κ2) is 8.29. The Labute approximate surface area is 118 Å². The molecule has 3 N–H and O–H groups in total. The van der Waals surface area contributed by atoms with E-state index >= 15 is 0 Å². The van der Waals surface area contributed by atoms with E-state index in [1.807, 2.05) is 32.0 Å². The van der Waals surface area contributed by atoms with Gasteiger partial charge in [-0.3, -0.25) is 9.59 Å². The molecule has 1 aromatic carbocycles. The Hall–Kier alpha value is -1.92. The summed E-state index contributed by atoms with van der Waals surface area (Å²) in [6, 6.07) is 5.62. The Morgan fingerprint density at radius 3 is 2.40 bits per heavy atom. The maximum Gasteiger partial charge on any atom is 0.313 e. The molecule has 0 spiro atoms. The molecule has 0 saturated carbocycles. The monoisotopic (exact) mass is 280 g/mol. The Kier molecular flexibility index (Phi) is 6.69. The number of amides is 2. The Morgan fingerprint density at radius 1 is 1.15 bits per heavy atom. The van der Waals surface area contributed by atoms with Gasteiger partial charge >= 0.3 is 11.8 Å². The fraction of sp³-hybridized carbons (Fsp3) is 0.429. The number of aliphatic hydroxyl groups excluding tert-OH is 1. The highest BCUT2D eigenvalue weighted by molar-refractivity contribution is 6.39. The van der Waals surface area contributed by atoms with E-state index in [-0.39, 0.29) is 26.4 Å². The van der Waals surface area contributed by atoms with Gasteiger partial charge in [-0.2, -0.15) is 0 Å². The predicted octanol–water partition coefficient (Wildman–Crippen LogP) is 0.367. The zero-order valence-corrected chi connectivity index (χ0v) is 11.7. The number of carbonyl (C=O) groups excluding carboxylic acids is 2. The molecule has 6 heteroatoms. The van der Waals surface area contributed by atoms with Crippen LogP contribution in [0.1, 0.15) is 11.1 Å². The van der Waals surface area contributed by atoms with Crippen molar-refractivity contribution in [3.63, 3.8) is 0 Å². The summed E-state index contributed by atoms with van der Waals surface area (Å²) in [5.74, 6) is -1.41. The van der Waals surface area contributed by atoms with Crippen molar-refractivity contribution in [3.05, 3.63) is 29.3 Å². The van der Waals surface area contributed by atoms with Crippen molar-refractivity contribution in [3.8, 4) is 0 Å². The predicted molar refractivity (Wildman–Crippen MR) is 75.5 cm³/mol. The molecular formula is C14H20N2O4. The van der Waals surface area contributed by atoms with E-state index in [1.165, 1.54) is 0 Å². The maximum atomic E-state index is 11.7. The van der Waals surface area contributed by atoms with Gasteiger partial charge in [-0.25, -0.2) is 0 Å². The lowest BCUT2D eigenvalue weighted by atomic mass is 10.1. The lowest BCUT2D eigenvalue weighted by Crippen LogP contribution is -2.37. The summed E-state index contributed by atoms with van der Waals surface area (Å²) < 4.78 is 4.97. The second-order valence-corrected chi connectivity index (χ2v) is 4.31. The van der Waals surface area contributed by atoms with Crippen LogP contribution in [-0.4, -0.2) is 43.3 Å². The zero-order chi connectivity index (χ0) is 15.0. The van der Waals surface area contributed by atoms with Crippen LogP contribution >= 0.6 is 0 Å². The lowest BCUT2D eigenvalue weighted by molar-refractivity contribution is -0.136. The molecule has 0 aliphatic rings. The van der Waals surface area contributed by atoms with E-state index in [2.05, 4.69) is 10.6 Å². The van der Waals surface area contributed by atoms with Crippen LogP contribution in [-0.2, 0) is 14.3 Å². The van der Waals surface area contributed by atoms with Crippen molar-refractivity contribution < 1.29 is 19.4 Å². The zero-order valence-electron chi connectivity index (χ0n) is 11.7. The maximum absolute atomic E-state index is 11.7. The normalized spacial score (nSPS) is 10.2. The fourth-order valence-corrected chi connectivity index (χ4v) is 1.67. The van der Waals surface area contributed by atoms with Gasteiger partial charge in [0.2, 0.25) is 0 Å². The summed E-state index contributed by atoms with van der Waals surface area (Å²) in [5.41, 5.74) is 2.46. The number of rotatable bonds is 6. The number of anilines is 1. The van der Waals surface area contributed by atoms with Crippen LogP contribution in [0.25, 0.3) is 0 Å². The molecule has 0 atom stereocenters. The molecule has 0 fully saturated rings. The molecule has 0 aliphatic carbocycles. The van der Waals surface area contributed by atoms with Gasteiger partial charge in [0.05, 0.1) is 19.8 Å². The molecule has 20 heavy (non-hydrogen) atoms. The van der Waals surface area contributed by atoms with Gasteiger partial charge in [0.1, 0.15) is 0 Å². The highest BCUT2D eigenvalue weighted by atomic mass is 16.5. The molecule has 1 rings (SSSR count). The van der Waals surface area contributed by atoms with Crippen molar-refractivity contribution in [1.82, 2.24) is 5.32 Å². The first-order valence-corrected chi connectivity index (χ1v) is 6.40. The molecular weight excluding hydrogens is 260 g/mol. The van der Waals surface area contributed by atoms with Crippen LogP contribution in [0.5, 0.6) is 0 Å². The van der Waals surface area contributed by atoms with Crippen molar-refractivity contribution in [1.29, 1.82) is 0 Å². The topological polar surface area (TPSA) is 87.7 Å². The molecule has 0 heterocycles. The summed E-state index contributed by atoms with van der Waals surface area (Å²) in [7, 11) is 0. The van der Waals surface area contributed by atoms with Crippen LogP contribution in [0, 0.1) is 13.8 Å². The molecule has 2 amide bonds. The SMILES string of the molecule is Cc1cccc(C)c1NC(=O)C(=O)NCCOCCO. The van der Waals surface area contributed by atoms with Gasteiger partial charge in [-0.1, -0.05) is 18.2 Å². The van der Waals surface area contributed by atoms with Crippen molar-refractivity contribution in [2.24, 2.45) is 0 Å². The number of benzene rings is 1. The summed E-state index contributed by atoms with van der Waals surface area (Å²) in [6.45, 7) is 4.35. The molecule has 0 radical (unpaired) electrons. The summed E-state index contributed by atoms with van der Waals surface area (Å²) in [5, 5.41) is 13.5. The molecule has 1 aromatic rings. The molecule has 0 saturated heterocycles. The summed E-state index contributed by atoms with van der Waals surface area (Å²) >= 11 is 0. The minimum Gasteiger partial charge on any atom is -0.394 e. The van der Waals surface area contributed by atoms with Gasteiger partial charge in [0.15, 0.2) is 0 Å². The van der Waals surface area contributed by atoms with E-state index in [4.69, 9.17) is 9.84 Å². The van der Waals surface area contributed by atoms with Gasteiger partial charge < -0.3 is 20.5 Å². The largest absolute Gasteiger partial charge is 0.394 e. The highest BCUT2D eigenvalue weighted by Crippen LogP contribution is 2.18. The van der Waals surface area contributed by atoms with E-state index in [0.29, 0.717) is 5.69 Å². The second-order valence-electron chi connectivity index (χ2n) is 4.31. The molecule has 0 unspecified atom stereocenters. The van der Waals surface area contributed by atoms with Crippen molar-refractivity contribution in [2.75, 3.05) is 31.7 Å². The molecule has 6 nitrogen and oxygen atoms in total. The first-order valence-electron chi connectivity index (χ1n) is 6.40. The van der Waals surface area contributed by atoms with Crippen LogP contribution in [0.15, 0.2) is 18.2 Å². The number of aliphatic hydroxyl groups is 1. The van der Waals surface area contributed by atoms with Crippen molar-refractivity contribution in [2.45, 2.75) is 13.8 Å². The Morgan fingerprint density at radius 2 is 1.80 bits per heavy atom. The van der Waals surface area contributed by atoms with Gasteiger partial charge in [0.25, 0.3) is 0 Å². The lowest BCUT2D eigenvalue weighted by Gasteiger charge is -2.11. The third kappa shape index (κ3) is 4.99. The third-order valence-corrected chi connectivity index (χ3v) is 2.69. The number of para-hydroxylation sites is 1. The average molecular weight is 280 g/mol. The first-order chi connectivity index (χ1) is 9.56. The number of nitrogens with one attached hydrogen (secondary N) is 2. The summed E-state index contributed by atoms with van der Waals surface area (Å²) in [6.07, 6.45) is 0. The third-order valence-electron chi connectivity index (χ3n) is 2.69. The van der Waals surface area contributed by atoms with E-state index < -0.39 is 11.8 Å². The number of ether oxygens (including phenoxy) is 1. The van der Waals surface area contributed by atoms with Gasteiger partial charge in [-0.05, 0) is 25.0 Å². The van der Waals surface area contributed by atoms with E-state index in [9.17, 15) is 9.59 Å². The quantitative estimate of drug-likeness (QED) is 0.519. The smallest absolute Gasteiger partial charge is 0.313 e. The van der Waals surface area contributed by atoms with Gasteiger partial charge in [0, 0.05) is 12.2 Å². The molecule has 0 bridgehead atoms.